The molecule has 0 aliphatic heterocycles. The van der Waals surface area contributed by atoms with E-state index in [1.54, 1.807) is 6.07 Å². The van der Waals surface area contributed by atoms with Gasteiger partial charge in [-0.15, -0.1) is 0 Å². The Labute approximate surface area is 166 Å². The number of rotatable bonds is 4. The molecule has 2 aromatic rings. The highest BCUT2D eigenvalue weighted by molar-refractivity contribution is 5.97. The van der Waals surface area contributed by atoms with Crippen LogP contribution in [-0.4, -0.2) is 29.5 Å². The van der Waals surface area contributed by atoms with Gasteiger partial charge >= 0.3 is 5.97 Å². The number of fused-ring (bicyclic) bond motifs is 3. The molecule has 2 aliphatic carbocycles. The Morgan fingerprint density at radius 3 is 2.82 bits per heavy atom. The summed E-state index contributed by atoms with van der Waals surface area (Å²) < 4.78 is 5.30. The Morgan fingerprint density at radius 2 is 2.00 bits per heavy atom. The standard InChI is InChI=1S/C23H30N2O3/c1-14-7-9-20-17(11-14)18-12-16(8-10-21(18)24-20)23(27)28-13-22(26)25-19-6-4-3-5-15(19)2/h8,10,12,14-15,19,24H,3-7,9,11,13H2,1-2H3,(H,25,26). The molecule has 1 amide bonds. The van der Waals surface area contributed by atoms with Crippen molar-refractivity contribution >= 4 is 22.8 Å². The van der Waals surface area contributed by atoms with Gasteiger partial charge in [0.25, 0.3) is 5.91 Å². The Balaban J connectivity index is 1.40. The highest BCUT2D eigenvalue weighted by Crippen LogP contribution is 2.32. The SMILES string of the molecule is CC1CCc2[nH]c3ccc(C(=O)OCC(=O)NC4CCCCC4C)cc3c2C1. The van der Waals surface area contributed by atoms with Crippen molar-refractivity contribution in [2.24, 2.45) is 11.8 Å². The van der Waals surface area contributed by atoms with E-state index >= 15 is 0 Å². The van der Waals surface area contributed by atoms with Gasteiger partial charge in [0.15, 0.2) is 6.61 Å². The molecule has 1 aromatic heterocycles. The minimum absolute atomic E-state index is 0.199. The Hall–Kier alpha value is -2.30. The number of amides is 1. The Morgan fingerprint density at radius 1 is 1.18 bits per heavy atom. The number of aromatic nitrogens is 1. The number of H-pyrrole nitrogens is 1. The lowest BCUT2D eigenvalue weighted by Gasteiger charge is -2.29. The van der Waals surface area contributed by atoms with Crippen LogP contribution in [0.3, 0.4) is 0 Å². The van der Waals surface area contributed by atoms with E-state index in [9.17, 15) is 9.59 Å². The monoisotopic (exact) mass is 382 g/mol. The third kappa shape index (κ3) is 3.94. The predicted octanol–water partition coefficient (Wildman–Crippen LogP) is 4.14. The van der Waals surface area contributed by atoms with Gasteiger partial charge in [-0.05, 0) is 67.7 Å². The minimum Gasteiger partial charge on any atom is -0.452 e. The molecule has 0 spiro atoms. The molecule has 0 radical (unpaired) electrons. The molecule has 5 nitrogen and oxygen atoms in total. The highest BCUT2D eigenvalue weighted by atomic mass is 16.5. The van der Waals surface area contributed by atoms with Crippen LogP contribution in [0.5, 0.6) is 0 Å². The summed E-state index contributed by atoms with van der Waals surface area (Å²) >= 11 is 0. The van der Waals surface area contributed by atoms with Gasteiger partial charge in [0.2, 0.25) is 0 Å². The molecule has 3 unspecified atom stereocenters. The second kappa shape index (κ2) is 7.98. The largest absolute Gasteiger partial charge is 0.452 e. The van der Waals surface area contributed by atoms with Crippen LogP contribution >= 0.6 is 0 Å². The summed E-state index contributed by atoms with van der Waals surface area (Å²) in [5, 5.41) is 4.13. The van der Waals surface area contributed by atoms with Gasteiger partial charge in [0, 0.05) is 22.6 Å². The van der Waals surface area contributed by atoms with E-state index in [2.05, 4.69) is 24.1 Å². The predicted molar refractivity (Wildman–Crippen MR) is 109 cm³/mol. The average molecular weight is 383 g/mol. The van der Waals surface area contributed by atoms with Gasteiger partial charge in [-0.2, -0.15) is 0 Å². The second-order valence-electron chi connectivity index (χ2n) is 8.70. The Kier molecular flexibility index (Phi) is 5.42. The van der Waals surface area contributed by atoms with Crippen LogP contribution in [0.25, 0.3) is 10.9 Å². The highest BCUT2D eigenvalue weighted by Gasteiger charge is 2.24. The van der Waals surface area contributed by atoms with Crippen LogP contribution in [-0.2, 0) is 22.4 Å². The van der Waals surface area contributed by atoms with Crippen molar-refractivity contribution in [2.45, 2.75) is 64.8 Å². The van der Waals surface area contributed by atoms with Gasteiger partial charge in [0.1, 0.15) is 0 Å². The number of carbonyl (C=O) groups excluding carboxylic acids is 2. The van der Waals surface area contributed by atoms with Gasteiger partial charge in [-0.1, -0.05) is 26.7 Å². The van der Waals surface area contributed by atoms with Crippen LogP contribution in [0.4, 0.5) is 0 Å². The first-order valence-electron chi connectivity index (χ1n) is 10.6. The van der Waals surface area contributed by atoms with Crippen LogP contribution in [0, 0.1) is 11.8 Å². The van der Waals surface area contributed by atoms with Crippen LogP contribution in [0.2, 0.25) is 0 Å². The maximum atomic E-state index is 12.5. The van der Waals surface area contributed by atoms with E-state index in [0.29, 0.717) is 17.4 Å². The zero-order valence-electron chi connectivity index (χ0n) is 16.8. The number of aryl methyl sites for hydroxylation is 1. The average Bonchev–Trinajstić information content (AvgIpc) is 3.05. The van der Waals surface area contributed by atoms with E-state index in [1.807, 2.05) is 12.1 Å². The van der Waals surface area contributed by atoms with Crippen molar-refractivity contribution in [3.8, 4) is 0 Å². The molecule has 0 saturated heterocycles. The third-order valence-corrected chi connectivity index (χ3v) is 6.46. The number of hydrogen-bond acceptors (Lipinski definition) is 3. The summed E-state index contributed by atoms with van der Waals surface area (Å²) in [7, 11) is 0. The van der Waals surface area contributed by atoms with Crippen molar-refractivity contribution in [1.82, 2.24) is 10.3 Å². The number of aromatic amines is 1. The fourth-order valence-electron chi connectivity index (χ4n) is 4.71. The first kappa shape index (κ1) is 19.0. The molecule has 1 saturated carbocycles. The topological polar surface area (TPSA) is 71.2 Å². The van der Waals surface area contributed by atoms with Crippen LogP contribution in [0.1, 0.15) is 67.6 Å². The van der Waals surface area contributed by atoms with Gasteiger partial charge in [-0.25, -0.2) is 4.79 Å². The molecular formula is C23H30N2O3. The van der Waals surface area contributed by atoms with E-state index < -0.39 is 5.97 Å². The van der Waals surface area contributed by atoms with E-state index in [-0.39, 0.29) is 18.6 Å². The Bertz CT molecular complexity index is 885. The van der Waals surface area contributed by atoms with Crippen molar-refractivity contribution in [3.05, 3.63) is 35.0 Å². The molecular weight excluding hydrogens is 352 g/mol. The van der Waals surface area contributed by atoms with Crippen LogP contribution < -0.4 is 5.32 Å². The second-order valence-corrected chi connectivity index (χ2v) is 8.70. The zero-order chi connectivity index (χ0) is 19.7. The summed E-state index contributed by atoms with van der Waals surface area (Å²) in [6, 6.07) is 5.83. The number of hydrogen-bond donors (Lipinski definition) is 2. The van der Waals surface area contributed by atoms with Crippen molar-refractivity contribution in [3.63, 3.8) is 0 Å². The fourth-order valence-corrected chi connectivity index (χ4v) is 4.71. The summed E-state index contributed by atoms with van der Waals surface area (Å²) in [6.45, 7) is 4.22. The van der Waals surface area contributed by atoms with Gasteiger partial charge in [0.05, 0.1) is 5.56 Å². The molecule has 2 aliphatic rings. The lowest BCUT2D eigenvalue weighted by molar-refractivity contribution is -0.125. The number of ether oxygens (including phenoxy) is 1. The number of benzene rings is 1. The minimum atomic E-state index is -0.437. The molecule has 1 fully saturated rings. The first-order chi connectivity index (χ1) is 13.5. The first-order valence-corrected chi connectivity index (χ1v) is 10.6. The molecule has 150 valence electrons. The summed E-state index contributed by atoms with van der Waals surface area (Å²) in [6.07, 6.45) is 7.82. The molecule has 1 aromatic carbocycles. The summed E-state index contributed by atoms with van der Waals surface area (Å²) in [5.41, 5.74) is 4.19. The number of nitrogens with one attached hydrogen (secondary N) is 2. The normalized spacial score (nSPS) is 24.6. The molecule has 0 bridgehead atoms. The zero-order valence-corrected chi connectivity index (χ0v) is 16.8. The van der Waals surface area contributed by atoms with Crippen molar-refractivity contribution in [1.29, 1.82) is 0 Å². The van der Waals surface area contributed by atoms with Gasteiger partial charge < -0.3 is 15.0 Å². The quantitative estimate of drug-likeness (QED) is 0.781. The third-order valence-electron chi connectivity index (χ3n) is 6.46. The molecule has 3 atom stereocenters. The lowest BCUT2D eigenvalue weighted by Crippen LogP contribution is -2.42. The summed E-state index contributed by atoms with van der Waals surface area (Å²) in [5.74, 6) is 0.500. The fraction of sp³-hybridized carbons (Fsp3) is 0.565. The molecule has 28 heavy (non-hydrogen) atoms. The van der Waals surface area contributed by atoms with Crippen molar-refractivity contribution < 1.29 is 14.3 Å². The molecule has 5 heteroatoms. The van der Waals surface area contributed by atoms with Gasteiger partial charge in [-0.3, -0.25) is 4.79 Å². The van der Waals surface area contributed by atoms with Crippen LogP contribution in [0.15, 0.2) is 18.2 Å². The molecule has 4 rings (SSSR count). The number of carbonyl (C=O) groups is 2. The number of esters is 1. The maximum absolute atomic E-state index is 12.5. The molecule has 1 heterocycles. The van der Waals surface area contributed by atoms with E-state index in [4.69, 9.17) is 4.74 Å². The lowest BCUT2D eigenvalue weighted by atomic mass is 9.86. The molecule has 2 N–H and O–H groups in total. The smallest absolute Gasteiger partial charge is 0.338 e. The summed E-state index contributed by atoms with van der Waals surface area (Å²) in [4.78, 5) is 28.2. The van der Waals surface area contributed by atoms with E-state index in [1.165, 1.54) is 24.1 Å². The van der Waals surface area contributed by atoms with E-state index in [0.717, 1.165) is 43.0 Å². The van der Waals surface area contributed by atoms with Crippen molar-refractivity contribution in [2.75, 3.05) is 6.61 Å². The maximum Gasteiger partial charge on any atom is 0.338 e.